The Morgan fingerprint density at radius 2 is 2.11 bits per heavy atom. The number of hydrogen-bond donors (Lipinski definition) is 3. The van der Waals surface area contributed by atoms with Crippen LogP contribution in [0.15, 0.2) is 30.3 Å². The van der Waals surface area contributed by atoms with Gasteiger partial charge in [-0.2, -0.15) is 11.8 Å². The summed E-state index contributed by atoms with van der Waals surface area (Å²) in [4.78, 5) is 19.9. The molecule has 0 radical (unpaired) electrons. The number of para-hydroxylation sites is 1. The third kappa shape index (κ3) is 9.86. The average Bonchev–Trinajstić information content (AvgIpc) is 2.37. The molecule has 0 heterocycles. The maximum Gasteiger partial charge on any atom is 0.320 e. The lowest BCUT2D eigenvalue weighted by Crippen LogP contribution is -2.30. The number of nitro groups is 1. The summed E-state index contributed by atoms with van der Waals surface area (Å²) in [6.07, 6.45) is 2.48. The van der Waals surface area contributed by atoms with Gasteiger partial charge in [-0.25, -0.2) is 10.1 Å². The molecule has 0 spiro atoms. The second-order valence-corrected chi connectivity index (χ2v) is 4.45. The van der Waals surface area contributed by atoms with Gasteiger partial charge in [-0.05, 0) is 30.6 Å². The van der Waals surface area contributed by atoms with Crippen LogP contribution in [0.1, 0.15) is 6.42 Å². The van der Waals surface area contributed by atoms with Crippen molar-refractivity contribution in [2.75, 3.05) is 17.4 Å². The summed E-state index contributed by atoms with van der Waals surface area (Å²) in [5.74, 6) is -0.1000. The first kappa shape index (κ1) is 17.2. The van der Waals surface area contributed by atoms with Gasteiger partial charge >= 0.3 is 5.97 Å². The van der Waals surface area contributed by atoms with Crippen molar-refractivity contribution < 1.29 is 14.9 Å². The van der Waals surface area contributed by atoms with Crippen LogP contribution in [0.5, 0.6) is 0 Å². The largest absolute Gasteiger partial charge is 0.480 e. The summed E-state index contributed by atoms with van der Waals surface area (Å²) in [5, 5.41) is 17.5. The van der Waals surface area contributed by atoms with Gasteiger partial charge in [-0.15, -0.1) is 5.43 Å². The lowest BCUT2D eigenvalue weighted by molar-refractivity contribution is -0.445. The molecule has 1 rings (SSSR count). The first-order valence-corrected chi connectivity index (χ1v) is 6.80. The van der Waals surface area contributed by atoms with Gasteiger partial charge in [0.25, 0.3) is 0 Å². The summed E-state index contributed by atoms with van der Waals surface area (Å²) < 4.78 is 0. The van der Waals surface area contributed by atoms with Crippen molar-refractivity contribution in [3.05, 3.63) is 40.4 Å². The Kier molecular flexibility index (Phi) is 9.19. The molecule has 1 aromatic carbocycles. The molecule has 7 nitrogen and oxygen atoms in total. The molecule has 0 bridgehead atoms. The quantitative estimate of drug-likeness (QED) is 0.535. The molecule has 0 saturated carbocycles. The molecule has 1 atom stereocenters. The number of benzene rings is 1. The van der Waals surface area contributed by atoms with Crippen LogP contribution in [0.25, 0.3) is 0 Å². The summed E-state index contributed by atoms with van der Waals surface area (Å²) in [5.41, 5.74) is 7.71. The van der Waals surface area contributed by atoms with E-state index in [2.05, 4.69) is 0 Å². The third-order valence-corrected chi connectivity index (χ3v) is 2.59. The predicted octanol–water partition coefficient (Wildman–Crippen LogP) is 1.44. The number of anilines is 1. The number of hydrogen-bond acceptors (Lipinski definition) is 5. The van der Waals surface area contributed by atoms with Crippen LogP contribution in [0, 0.1) is 10.1 Å². The highest BCUT2D eigenvalue weighted by Crippen LogP contribution is 2.03. The van der Waals surface area contributed by atoms with Crippen molar-refractivity contribution in [2.24, 2.45) is 5.73 Å². The van der Waals surface area contributed by atoms with Gasteiger partial charge in [0, 0.05) is 0 Å². The molecule has 0 amide bonds. The molecule has 0 fully saturated rings. The Morgan fingerprint density at radius 3 is 2.53 bits per heavy atom. The van der Waals surface area contributed by atoms with Gasteiger partial charge in [0.05, 0.1) is 0 Å². The number of carbonyl (C=O) groups is 1. The second kappa shape index (κ2) is 10.2. The Hall–Kier alpha value is -1.80. The molecule has 0 aromatic heterocycles. The van der Waals surface area contributed by atoms with E-state index >= 15 is 0 Å². The summed E-state index contributed by atoms with van der Waals surface area (Å²) in [7, 11) is 0. The van der Waals surface area contributed by atoms with Crippen LogP contribution in [0.2, 0.25) is 0 Å². The van der Waals surface area contributed by atoms with E-state index in [1.54, 1.807) is 42.1 Å². The molecule has 0 saturated heterocycles. The van der Waals surface area contributed by atoms with Gasteiger partial charge in [-0.3, -0.25) is 4.79 Å². The number of nitrogens with zero attached hydrogens (tertiary/aromatic N) is 1. The van der Waals surface area contributed by atoms with E-state index in [1.807, 2.05) is 11.7 Å². The Balaban J connectivity index is 0.000000344. The zero-order valence-corrected chi connectivity index (χ0v) is 11.3. The van der Waals surface area contributed by atoms with Gasteiger partial charge in [0.2, 0.25) is 0 Å². The lowest BCUT2D eigenvalue weighted by Gasteiger charge is -2.02. The van der Waals surface area contributed by atoms with Crippen LogP contribution in [0.3, 0.4) is 0 Å². The molecule has 1 unspecified atom stereocenters. The number of hydrazine groups is 1. The van der Waals surface area contributed by atoms with E-state index in [4.69, 9.17) is 10.8 Å². The summed E-state index contributed by atoms with van der Waals surface area (Å²) >= 11 is 1.60. The monoisotopic (exact) mass is 287 g/mol. The number of nitrogens with one attached hydrogen (secondary N) is 1. The molecule has 0 aliphatic carbocycles. The molecule has 0 aliphatic heterocycles. The van der Waals surface area contributed by atoms with E-state index in [0.29, 0.717) is 12.1 Å². The zero-order valence-electron chi connectivity index (χ0n) is 10.5. The fraction of sp³-hybridized carbons (Fsp3) is 0.364. The van der Waals surface area contributed by atoms with Gasteiger partial charge in [0.15, 0.2) is 5.03 Å². The molecule has 0 aliphatic rings. The summed E-state index contributed by atoms with van der Waals surface area (Å²) in [6.45, 7) is 0. The fourth-order valence-electron chi connectivity index (χ4n) is 0.986. The van der Waals surface area contributed by atoms with E-state index in [-0.39, 0.29) is 0 Å². The topological polar surface area (TPSA) is 118 Å². The minimum atomic E-state index is -0.913. The standard InChI is InChI=1S/C6H6N2O2.C5H11NO2S/c9-8(10)7-6-4-2-1-3-5-6;1-9-3-2-4(6)5(7)8/h1-5,7H;4H,2-3,6H2,1H3,(H,7,8). The molecular formula is C11H17N3O4S. The van der Waals surface area contributed by atoms with Gasteiger partial charge < -0.3 is 10.8 Å². The van der Waals surface area contributed by atoms with Crippen molar-refractivity contribution in [3.8, 4) is 0 Å². The van der Waals surface area contributed by atoms with Crippen LogP contribution in [-0.4, -0.2) is 34.2 Å². The molecule has 106 valence electrons. The fourth-order valence-corrected chi connectivity index (χ4v) is 1.48. The third-order valence-electron chi connectivity index (χ3n) is 1.94. The maximum absolute atomic E-state index is 10.1. The van der Waals surface area contributed by atoms with Crippen molar-refractivity contribution in [1.82, 2.24) is 0 Å². The van der Waals surface area contributed by atoms with Gasteiger partial charge in [0.1, 0.15) is 11.7 Å². The van der Waals surface area contributed by atoms with Crippen molar-refractivity contribution in [1.29, 1.82) is 0 Å². The van der Waals surface area contributed by atoms with E-state index < -0.39 is 17.0 Å². The number of nitrogens with two attached hydrogens (primary N) is 1. The number of aliphatic carboxylic acids is 1. The van der Waals surface area contributed by atoms with E-state index in [0.717, 1.165) is 5.75 Å². The predicted molar refractivity (Wildman–Crippen MR) is 75.7 cm³/mol. The minimum Gasteiger partial charge on any atom is -0.480 e. The molecule has 19 heavy (non-hydrogen) atoms. The van der Waals surface area contributed by atoms with Gasteiger partial charge in [-0.1, -0.05) is 18.2 Å². The number of carboxylic acids is 1. The van der Waals surface area contributed by atoms with Crippen LogP contribution < -0.4 is 11.2 Å². The SMILES string of the molecule is CSCCC(N)C(=O)O.O=[N+]([O-])Nc1ccccc1. The maximum atomic E-state index is 10.1. The highest BCUT2D eigenvalue weighted by atomic mass is 32.2. The van der Waals surface area contributed by atoms with Crippen LogP contribution in [-0.2, 0) is 4.79 Å². The second-order valence-electron chi connectivity index (χ2n) is 3.46. The minimum absolute atomic E-state index is 0.493. The highest BCUT2D eigenvalue weighted by molar-refractivity contribution is 7.98. The average molecular weight is 287 g/mol. The van der Waals surface area contributed by atoms with Crippen LogP contribution in [0.4, 0.5) is 5.69 Å². The Bertz CT molecular complexity index is 389. The Morgan fingerprint density at radius 1 is 1.53 bits per heavy atom. The van der Waals surface area contributed by atoms with E-state index in [1.165, 1.54) is 0 Å². The lowest BCUT2D eigenvalue weighted by atomic mass is 10.2. The first-order chi connectivity index (χ1) is 8.97. The first-order valence-electron chi connectivity index (χ1n) is 5.40. The van der Waals surface area contributed by atoms with E-state index in [9.17, 15) is 14.9 Å². The highest BCUT2D eigenvalue weighted by Gasteiger charge is 2.08. The molecule has 1 aromatic rings. The van der Waals surface area contributed by atoms with Crippen molar-refractivity contribution in [2.45, 2.75) is 12.5 Å². The molecule has 8 heteroatoms. The smallest absolute Gasteiger partial charge is 0.320 e. The number of rotatable bonds is 6. The van der Waals surface area contributed by atoms with Crippen molar-refractivity contribution >= 4 is 23.4 Å². The normalized spacial score (nSPS) is 10.8. The zero-order chi connectivity index (χ0) is 14.7. The van der Waals surface area contributed by atoms with Crippen LogP contribution >= 0.6 is 11.8 Å². The number of thioether (sulfide) groups is 1. The van der Waals surface area contributed by atoms with Crippen molar-refractivity contribution in [3.63, 3.8) is 0 Å². The molecule has 4 N–H and O–H groups in total. The molecular weight excluding hydrogens is 270 g/mol. The Labute approximate surface area is 115 Å². The summed E-state index contributed by atoms with van der Waals surface area (Å²) in [6, 6.07) is 7.83. The number of carboxylic acid groups (broad SMARTS) is 1.